The van der Waals surface area contributed by atoms with Crippen LogP contribution in [0.25, 0.3) is 0 Å². The molecule has 12 nitrogen and oxygen atoms in total. The van der Waals surface area contributed by atoms with Crippen molar-refractivity contribution in [1.29, 1.82) is 0 Å². The van der Waals surface area contributed by atoms with Crippen LogP contribution in [-0.2, 0) is 63.5 Å². The van der Waals surface area contributed by atoms with Gasteiger partial charge in [-0.1, -0.05) is 273 Å². The Labute approximate surface area is 477 Å². The van der Waals surface area contributed by atoms with E-state index in [2.05, 4.69) is 41.5 Å². The number of carbonyl (C=O) groups excluding carboxylic acids is 6. The van der Waals surface area contributed by atoms with Crippen molar-refractivity contribution in [3.8, 4) is 0 Å². The Morgan fingerprint density at radius 3 is 0.338 bits per heavy atom. The molecule has 0 aliphatic heterocycles. The molecule has 14 heteroatoms. The van der Waals surface area contributed by atoms with E-state index in [1.165, 1.54) is 193 Å². The van der Waals surface area contributed by atoms with Gasteiger partial charge in [0.15, 0.2) is 0 Å². The van der Waals surface area contributed by atoms with Crippen molar-refractivity contribution in [2.75, 3.05) is 0 Å². The van der Waals surface area contributed by atoms with E-state index >= 15 is 0 Å². The molecule has 0 unspecified atom stereocenters. The van der Waals surface area contributed by atoms with Crippen molar-refractivity contribution in [1.82, 2.24) is 0 Å². The Balaban J connectivity index is -0.000000117. The molecular weight excluding hydrogens is 1020 g/mol. The minimum absolute atomic E-state index is 0. The molecule has 2 radical (unpaired) electrons. The first-order valence-electron chi connectivity index (χ1n) is 29.8. The fraction of sp³-hybridized carbons (Fsp3) is 0.900. The quantitative estimate of drug-likeness (QED) is 0.0517. The van der Waals surface area contributed by atoms with Crippen molar-refractivity contribution in [3.63, 3.8) is 0 Å². The predicted octanol–water partition coefficient (Wildman–Crippen LogP) is 11.3. The van der Waals surface area contributed by atoms with Gasteiger partial charge >= 0.3 is 34.7 Å². The smallest absolute Gasteiger partial charge is 0.550 e. The third-order valence-corrected chi connectivity index (χ3v) is 11.9. The van der Waals surface area contributed by atoms with Crippen LogP contribution in [0.4, 0.5) is 0 Å². The van der Waals surface area contributed by atoms with Crippen LogP contribution in [0, 0.1) is 0 Å². The van der Waals surface area contributed by atoms with Crippen LogP contribution in [0.5, 0.6) is 0 Å². The molecule has 0 aliphatic rings. The number of carboxylic acids is 6. The minimum Gasteiger partial charge on any atom is -0.550 e. The first-order valence-corrected chi connectivity index (χ1v) is 29.8. The third kappa shape index (κ3) is 123. The second kappa shape index (κ2) is 84.8. The molecule has 74 heavy (non-hydrogen) atoms. The fourth-order valence-corrected chi connectivity index (χ4v) is 7.36. The maximum Gasteiger partial charge on any atom is 3.00 e. The minimum atomic E-state index is -0.913. The summed E-state index contributed by atoms with van der Waals surface area (Å²) in [6.45, 7) is 13.1. The van der Waals surface area contributed by atoms with E-state index < -0.39 is 35.8 Å². The molecule has 0 aromatic heterocycles. The van der Waals surface area contributed by atoms with Crippen LogP contribution in [0.3, 0.4) is 0 Å². The zero-order chi connectivity index (χ0) is 55.4. The molecule has 0 bridgehead atoms. The van der Waals surface area contributed by atoms with Gasteiger partial charge in [0.05, 0.1) is 0 Å². The molecule has 0 rings (SSSR count). The molecule has 0 atom stereocenters. The molecule has 438 valence electrons. The van der Waals surface area contributed by atoms with Crippen LogP contribution < -0.4 is 30.6 Å². The third-order valence-electron chi connectivity index (χ3n) is 11.9. The van der Waals surface area contributed by atoms with Crippen molar-refractivity contribution in [3.05, 3.63) is 0 Å². The maximum absolute atomic E-state index is 10.0. The molecular formula is C60H114Cr2O12. The summed E-state index contributed by atoms with van der Waals surface area (Å²) in [7, 11) is 0. The van der Waals surface area contributed by atoms with E-state index in [9.17, 15) is 59.4 Å². The Morgan fingerprint density at radius 1 is 0.176 bits per heavy atom. The average molecular weight is 1130 g/mol. The Kier molecular flexibility index (Phi) is 101. The van der Waals surface area contributed by atoms with Gasteiger partial charge in [-0.05, 0) is 77.0 Å². The number of unbranched alkanes of at least 4 members (excludes halogenated alkanes) is 36. The number of carbonyl (C=O) groups is 6. The van der Waals surface area contributed by atoms with Gasteiger partial charge in [0, 0.05) is 35.8 Å². The summed E-state index contributed by atoms with van der Waals surface area (Å²) < 4.78 is 0. The van der Waals surface area contributed by atoms with E-state index in [4.69, 9.17) is 0 Å². The standard InChI is InChI=1S/6C10H20O2.2Cr/c6*1-2-3-4-5-6-7-8-9-10(11)12;;/h6*2-9H2,1H3,(H,11,12);;/q;;;;;;2*+3/p-6. The molecule has 0 spiro atoms. The topological polar surface area (TPSA) is 241 Å². The van der Waals surface area contributed by atoms with Gasteiger partial charge in [0.1, 0.15) is 0 Å². The molecule has 0 amide bonds. The van der Waals surface area contributed by atoms with Crippen LogP contribution in [-0.4, -0.2) is 35.8 Å². The van der Waals surface area contributed by atoms with Crippen molar-refractivity contribution in [2.24, 2.45) is 0 Å². The summed E-state index contributed by atoms with van der Waals surface area (Å²) in [6, 6.07) is 0. The van der Waals surface area contributed by atoms with Crippen LogP contribution >= 0.6 is 0 Å². The second-order valence-electron chi connectivity index (χ2n) is 19.5. The van der Waals surface area contributed by atoms with E-state index in [0.29, 0.717) is 0 Å². The summed E-state index contributed by atoms with van der Waals surface area (Å²) in [5.41, 5.74) is 0. The Bertz CT molecular complexity index is 893. The van der Waals surface area contributed by atoms with Crippen molar-refractivity contribution < 1.29 is 94.1 Å². The molecule has 0 saturated carbocycles. The molecule has 0 heterocycles. The number of rotatable bonds is 48. The van der Waals surface area contributed by atoms with Gasteiger partial charge in [-0.3, -0.25) is 0 Å². The average Bonchev–Trinajstić information content (AvgIpc) is 3.33. The van der Waals surface area contributed by atoms with Gasteiger partial charge in [0.25, 0.3) is 0 Å². The number of hydrogen-bond acceptors (Lipinski definition) is 12. The normalized spacial score (nSPS) is 9.81. The molecule has 0 aliphatic carbocycles. The maximum atomic E-state index is 10.0. The Morgan fingerprint density at radius 2 is 0.257 bits per heavy atom. The van der Waals surface area contributed by atoms with Crippen molar-refractivity contribution in [2.45, 2.75) is 350 Å². The molecule has 0 saturated heterocycles. The first kappa shape index (κ1) is 88.5. The van der Waals surface area contributed by atoms with Gasteiger partial charge in [-0.2, -0.15) is 0 Å². The molecule has 0 aromatic carbocycles. The van der Waals surface area contributed by atoms with E-state index in [-0.39, 0.29) is 73.2 Å². The van der Waals surface area contributed by atoms with Gasteiger partial charge in [0.2, 0.25) is 0 Å². The molecule has 0 N–H and O–H groups in total. The zero-order valence-corrected chi connectivity index (χ0v) is 51.2. The second-order valence-corrected chi connectivity index (χ2v) is 19.5. The van der Waals surface area contributed by atoms with Gasteiger partial charge in [-0.25, -0.2) is 0 Å². The summed E-state index contributed by atoms with van der Waals surface area (Å²) in [6.07, 6.45) is 50.1. The van der Waals surface area contributed by atoms with Crippen LogP contribution in [0.1, 0.15) is 350 Å². The van der Waals surface area contributed by atoms with E-state index in [0.717, 1.165) is 77.0 Å². The first-order chi connectivity index (χ1) is 34.6. The number of aliphatic carboxylic acids is 6. The van der Waals surface area contributed by atoms with Gasteiger partial charge < -0.3 is 59.4 Å². The molecule has 0 aromatic rings. The fourth-order valence-electron chi connectivity index (χ4n) is 7.36. The van der Waals surface area contributed by atoms with E-state index in [1.54, 1.807) is 0 Å². The summed E-state index contributed by atoms with van der Waals surface area (Å²) in [5, 5.41) is 60.1. The SMILES string of the molecule is CCCCCCCCCC(=O)[O-].CCCCCCCCCC(=O)[O-].CCCCCCCCCC(=O)[O-].CCCCCCCCCC(=O)[O-].CCCCCCCCCC(=O)[O-].CCCCCCCCCC(=O)[O-].[Cr+3].[Cr+3]. The number of hydrogen-bond donors (Lipinski definition) is 0. The summed E-state index contributed by atoms with van der Waals surface area (Å²) in [4.78, 5) is 60.1. The van der Waals surface area contributed by atoms with E-state index in [1.807, 2.05) is 0 Å². The monoisotopic (exact) mass is 1130 g/mol. The Hall–Kier alpha value is -2.12. The molecule has 0 fully saturated rings. The zero-order valence-electron chi connectivity index (χ0n) is 48.7. The van der Waals surface area contributed by atoms with Gasteiger partial charge in [-0.15, -0.1) is 0 Å². The summed E-state index contributed by atoms with van der Waals surface area (Å²) >= 11 is 0. The predicted molar refractivity (Wildman–Crippen MR) is 286 cm³/mol. The largest absolute Gasteiger partial charge is 3.00 e. The van der Waals surface area contributed by atoms with Crippen molar-refractivity contribution >= 4 is 35.8 Å². The van der Waals surface area contributed by atoms with Crippen LogP contribution in [0.2, 0.25) is 0 Å². The number of carboxylic acid groups (broad SMARTS) is 6. The summed E-state index contributed by atoms with van der Waals surface area (Å²) in [5.74, 6) is -5.48. The van der Waals surface area contributed by atoms with Crippen LogP contribution in [0.15, 0.2) is 0 Å².